The quantitative estimate of drug-likeness (QED) is 0.164. The third kappa shape index (κ3) is 5.95. The van der Waals surface area contributed by atoms with E-state index >= 15 is 0 Å². The highest BCUT2D eigenvalue weighted by molar-refractivity contribution is 9.10. The van der Waals surface area contributed by atoms with Crippen LogP contribution in [-0.4, -0.2) is 24.3 Å². The molecule has 5 aromatic rings. The van der Waals surface area contributed by atoms with Crippen molar-refractivity contribution in [2.45, 2.75) is 26.5 Å². The Hall–Kier alpha value is -4.18. The van der Waals surface area contributed by atoms with Gasteiger partial charge in [0, 0.05) is 15.1 Å². The molecule has 0 saturated carbocycles. The van der Waals surface area contributed by atoms with E-state index in [1.807, 2.05) is 42.5 Å². The number of hydrogen-bond donors (Lipinski definition) is 0. The molecule has 0 fully saturated rings. The second-order valence-corrected chi connectivity index (χ2v) is 12.6. The summed E-state index contributed by atoms with van der Waals surface area (Å²) in [6.45, 7) is 3.95. The maximum atomic E-state index is 14.2. The predicted molar refractivity (Wildman–Crippen MR) is 181 cm³/mol. The number of hydrogen-bond acceptors (Lipinski definition) is 7. The van der Waals surface area contributed by atoms with Crippen LogP contribution in [0.4, 0.5) is 0 Å². The molecule has 1 atom stereocenters. The maximum Gasteiger partial charge on any atom is 0.338 e. The van der Waals surface area contributed by atoms with Gasteiger partial charge in [-0.2, -0.15) is 0 Å². The number of carbonyl (C=O) groups is 1. The van der Waals surface area contributed by atoms with Gasteiger partial charge in [-0.3, -0.25) is 9.36 Å². The molecule has 6 rings (SSSR count). The lowest BCUT2D eigenvalue weighted by Crippen LogP contribution is -2.40. The number of allylic oxidation sites excluding steroid dienone is 1. The Morgan fingerprint density at radius 3 is 2.62 bits per heavy atom. The molecule has 0 radical (unpaired) electrons. The summed E-state index contributed by atoms with van der Waals surface area (Å²) in [5, 5.41) is 2.64. The Morgan fingerprint density at radius 2 is 1.84 bits per heavy atom. The highest BCUT2D eigenvalue weighted by Crippen LogP contribution is 2.37. The van der Waals surface area contributed by atoms with Crippen LogP contribution in [0.2, 0.25) is 5.02 Å². The molecule has 0 bridgehead atoms. The molecule has 0 aliphatic carbocycles. The van der Waals surface area contributed by atoms with Gasteiger partial charge in [-0.15, -0.1) is 0 Å². The Bertz CT molecular complexity index is 2170. The number of aromatic nitrogens is 1. The average Bonchev–Trinajstić information content (AvgIpc) is 3.33. The van der Waals surface area contributed by atoms with E-state index in [-0.39, 0.29) is 24.3 Å². The van der Waals surface area contributed by atoms with Crippen molar-refractivity contribution in [2.24, 2.45) is 4.99 Å². The molecule has 228 valence electrons. The number of halogens is 2. The van der Waals surface area contributed by atoms with Crippen LogP contribution in [0.5, 0.6) is 11.5 Å². The molecule has 45 heavy (non-hydrogen) atoms. The minimum absolute atomic E-state index is 0.182. The van der Waals surface area contributed by atoms with E-state index in [0.29, 0.717) is 42.7 Å². The highest BCUT2D eigenvalue weighted by Gasteiger charge is 2.34. The Labute approximate surface area is 276 Å². The molecule has 2 heterocycles. The van der Waals surface area contributed by atoms with Gasteiger partial charge in [-0.25, -0.2) is 9.79 Å². The van der Waals surface area contributed by atoms with Gasteiger partial charge in [0.15, 0.2) is 16.3 Å². The lowest BCUT2D eigenvalue weighted by molar-refractivity contribution is -0.139. The van der Waals surface area contributed by atoms with E-state index in [0.717, 1.165) is 20.8 Å². The van der Waals surface area contributed by atoms with Crippen molar-refractivity contribution in [1.82, 2.24) is 4.57 Å². The van der Waals surface area contributed by atoms with E-state index in [9.17, 15) is 9.59 Å². The Morgan fingerprint density at radius 1 is 1.09 bits per heavy atom. The second kappa shape index (κ2) is 13.0. The van der Waals surface area contributed by atoms with E-state index in [2.05, 4.69) is 39.1 Å². The molecular weight excluding hydrogens is 676 g/mol. The van der Waals surface area contributed by atoms with E-state index in [1.54, 1.807) is 45.2 Å². The number of nitrogens with zero attached hydrogens (tertiary/aromatic N) is 2. The number of rotatable bonds is 8. The van der Waals surface area contributed by atoms with Crippen LogP contribution < -0.4 is 24.4 Å². The zero-order valence-electron chi connectivity index (χ0n) is 24.7. The van der Waals surface area contributed by atoms with Crippen molar-refractivity contribution in [3.05, 3.63) is 136 Å². The topological polar surface area (TPSA) is 79.1 Å². The number of fused-ring (bicyclic) bond motifs is 2. The van der Waals surface area contributed by atoms with Crippen LogP contribution in [0.15, 0.2) is 104 Å². The van der Waals surface area contributed by atoms with Crippen LogP contribution in [-0.2, 0) is 16.1 Å². The van der Waals surface area contributed by atoms with Crippen LogP contribution in [0.3, 0.4) is 0 Å². The first kappa shape index (κ1) is 30.8. The molecule has 7 nitrogen and oxygen atoms in total. The minimum atomic E-state index is -0.810. The van der Waals surface area contributed by atoms with Gasteiger partial charge in [0.2, 0.25) is 0 Å². The zero-order valence-corrected chi connectivity index (χ0v) is 27.8. The number of benzene rings is 4. The molecule has 4 aromatic carbocycles. The van der Waals surface area contributed by atoms with E-state index < -0.39 is 12.0 Å². The fourth-order valence-electron chi connectivity index (χ4n) is 5.49. The van der Waals surface area contributed by atoms with Gasteiger partial charge in [0.1, 0.15) is 12.6 Å². The summed E-state index contributed by atoms with van der Waals surface area (Å²) in [5.41, 5.74) is 2.68. The summed E-state index contributed by atoms with van der Waals surface area (Å²) in [7, 11) is 1.58. The molecule has 0 spiro atoms. The average molecular weight is 704 g/mol. The summed E-state index contributed by atoms with van der Waals surface area (Å²) in [6.07, 6.45) is 1.77. The second-order valence-electron chi connectivity index (χ2n) is 10.3. The number of ether oxygens (including phenoxy) is 3. The fraction of sp³-hybridized carbons (Fsp3) is 0.171. The summed E-state index contributed by atoms with van der Waals surface area (Å²) >= 11 is 11.4. The fourth-order valence-corrected chi connectivity index (χ4v) is 7.23. The monoisotopic (exact) mass is 702 g/mol. The van der Waals surface area contributed by atoms with Crippen molar-refractivity contribution < 1.29 is 19.0 Å². The molecule has 0 unspecified atom stereocenters. The van der Waals surface area contributed by atoms with Crippen molar-refractivity contribution in [3.63, 3.8) is 0 Å². The smallest absolute Gasteiger partial charge is 0.338 e. The minimum Gasteiger partial charge on any atom is -0.493 e. The summed E-state index contributed by atoms with van der Waals surface area (Å²) in [5.74, 6) is 0.460. The maximum absolute atomic E-state index is 14.2. The van der Waals surface area contributed by atoms with Gasteiger partial charge in [0.05, 0.1) is 29.5 Å². The molecule has 0 N–H and O–H groups in total. The third-order valence-electron chi connectivity index (χ3n) is 7.52. The van der Waals surface area contributed by atoms with Crippen molar-refractivity contribution in [1.29, 1.82) is 0 Å². The number of esters is 1. The van der Waals surface area contributed by atoms with E-state index in [1.165, 1.54) is 15.9 Å². The predicted octanol–water partition coefficient (Wildman–Crippen LogP) is 6.96. The van der Waals surface area contributed by atoms with Crippen LogP contribution in [0.1, 0.15) is 36.6 Å². The Kier molecular flexibility index (Phi) is 8.94. The molecule has 1 aliphatic rings. The van der Waals surface area contributed by atoms with Gasteiger partial charge in [-0.05, 0) is 60.0 Å². The lowest BCUT2D eigenvalue weighted by Gasteiger charge is -2.25. The summed E-state index contributed by atoms with van der Waals surface area (Å²) < 4.78 is 20.2. The summed E-state index contributed by atoms with van der Waals surface area (Å²) in [6, 6.07) is 24.3. The number of methoxy groups -OCH3 is 1. The summed E-state index contributed by atoms with van der Waals surface area (Å²) in [4.78, 5) is 32.5. The van der Waals surface area contributed by atoms with Gasteiger partial charge in [0.25, 0.3) is 5.56 Å². The van der Waals surface area contributed by atoms with Crippen LogP contribution >= 0.6 is 38.9 Å². The third-order valence-corrected chi connectivity index (χ3v) is 9.31. The van der Waals surface area contributed by atoms with Crippen molar-refractivity contribution in [3.8, 4) is 11.5 Å². The molecule has 1 aliphatic heterocycles. The van der Waals surface area contributed by atoms with Gasteiger partial charge >= 0.3 is 5.97 Å². The molecule has 0 saturated heterocycles. The zero-order chi connectivity index (χ0) is 31.7. The Balaban J connectivity index is 1.49. The van der Waals surface area contributed by atoms with Gasteiger partial charge in [-0.1, -0.05) is 99.5 Å². The highest BCUT2D eigenvalue weighted by atomic mass is 79.9. The molecule has 10 heteroatoms. The van der Waals surface area contributed by atoms with Crippen LogP contribution in [0, 0.1) is 0 Å². The molecule has 1 aromatic heterocycles. The van der Waals surface area contributed by atoms with Gasteiger partial charge < -0.3 is 14.2 Å². The standard InChI is InChI=1S/C35H28BrClN2O5S/c1-4-43-34(41)30-20(2)38-35-39(31(30)26-14-7-8-15-27(26)37)33(40)29(45-35)17-23-16-24(36)18-28(42-3)32(23)44-19-22-12-9-11-21-10-5-6-13-25(21)22/h5-18,31H,4,19H2,1-3H3/b29-17-/t31-/m0/s1. The molecular formula is C35H28BrClN2O5S. The first-order valence-corrected chi connectivity index (χ1v) is 16.2. The van der Waals surface area contributed by atoms with Crippen molar-refractivity contribution in [2.75, 3.05) is 13.7 Å². The normalized spacial score (nSPS) is 14.7. The first-order valence-electron chi connectivity index (χ1n) is 14.2. The number of carbonyl (C=O) groups excluding carboxylic acids is 1. The lowest BCUT2D eigenvalue weighted by atomic mass is 9.96. The van der Waals surface area contributed by atoms with E-state index in [4.69, 9.17) is 25.8 Å². The molecule has 0 amide bonds. The van der Waals surface area contributed by atoms with Crippen LogP contribution in [0.25, 0.3) is 16.8 Å². The van der Waals surface area contributed by atoms with Crippen molar-refractivity contribution >= 4 is 61.7 Å². The number of thiazole rings is 1. The first-order chi connectivity index (χ1) is 21.8. The largest absolute Gasteiger partial charge is 0.493 e. The SMILES string of the molecule is CCOC(=O)C1=C(C)N=c2s/c(=C\c3cc(Br)cc(OC)c3OCc3cccc4ccccc34)c(=O)n2[C@H]1c1ccccc1Cl.